The van der Waals surface area contributed by atoms with Gasteiger partial charge in [0.2, 0.25) is 0 Å². The van der Waals surface area contributed by atoms with Crippen LogP contribution in [0.4, 0.5) is 5.82 Å². The summed E-state index contributed by atoms with van der Waals surface area (Å²) in [4.78, 5) is 24.3. The normalized spacial score (nSPS) is 19.7. The van der Waals surface area contributed by atoms with Gasteiger partial charge in [0.05, 0.1) is 32.4 Å². The number of halogens is 1. The lowest BCUT2D eigenvalue weighted by atomic mass is 9.99. The highest BCUT2D eigenvalue weighted by Crippen LogP contribution is 2.41. The Labute approximate surface area is 169 Å². The Morgan fingerprint density at radius 2 is 2.00 bits per heavy atom. The molecule has 2 aliphatic rings. The molecule has 8 heteroatoms. The summed E-state index contributed by atoms with van der Waals surface area (Å²) in [6, 6.07) is 13.0. The number of carbonyl (C=O) groups is 1. The number of para-hydroxylation sites is 2. The van der Waals surface area contributed by atoms with Gasteiger partial charge < -0.3 is 10.2 Å². The predicted molar refractivity (Wildman–Crippen MR) is 108 cm³/mol. The lowest BCUT2D eigenvalue weighted by Gasteiger charge is -2.25. The number of nitrogens with zero attached hydrogens (tertiary/aromatic N) is 4. The summed E-state index contributed by atoms with van der Waals surface area (Å²) in [5.41, 5.74) is 2.83. The van der Waals surface area contributed by atoms with E-state index in [9.17, 15) is 10.1 Å². The Hall–Kier alpha value is -3.21. The van der Waals surface area contributed by atoms with Gasteiger partial charge in [-0.1, -0.05) is 23.7 Å². The third kappa shape index (κ3) is 2.66. The molecule has 0 radical (unpaired) electrons. The van der Waals surface area contributed by atoms with Crippen LogP contribution in [0.15, 0.2) is 60.4 Å². The number of rotatable bonds is 2. The van der Waals surface area contributed by atoms with E-state index in [2.05, 4.69) is 16.4 Å². The number of amides is 1. The van der Waals surface area contributed by atoms with Gasteiger partial charge in [-0.05, 0) is 36.4 Å². The summed E-state index contributed by atoms with van der Waals surface area (Å²) in [5, 5.41) is 12.7. The van der Waals surface area contributed by atoms with Gasteiger partial charge in [-0.25, -0.2) is 9.97 Å². The van der Waals surface area contributed by atoms with Gasteiger partial charge in [-0.2, -0.15) is 5.26 Å². The number of hydrogen-bond donors (Lipinski definition) is 1. The first kappa shape index (κ1) is 16.9. The zero-order valence-corrected chi connectivity index (χ0v) is 15.9. The number of benzene rings is 1. The Bertz CT molecular complexity index is 1220. The van der Waals surface area contributed by atoms with Crippen LogP contribution in [0.5, 0.6) is 0 Å². The van der Waals surface area contributed by atoms with Gasteiger partial charge >= 0.3 is 0 Å². The van der Waals surface area contributed by atoms with Crippen molar-refractivity contribution in [1.82, 2.24) is 15.3 Å². The fraction of sp³-hybridized carbons (Fsp3) is 0.100. The van der Waals surface area contributed by atoms with Crippen LogP contribution in [0, 0.1) is 11.3 Å². The second-order valence-electron chi connectivity index (χ2n) is 6.42. The predicted octanol–water partition coefficient (Wildman–Crippen LogP) is 3.98. The van der Waals surface area contributed by atoms with E-state index in [0.717, 1.165) is 11.0 Å². The summed E-state index contributed by atoms with van der Waals surface area (Å²) in [5.74, 6) is -0.0226. The SMILES string of the molecule is N#CC1c2nc3ccccc3nc2N2C=CC(NC(=O)c3ccc(Cl)s3)=CC12. The maximum absolute atomic E-state index is 12.4. The second-order valence-corrected chi connectivity index (χ2v) is 8.14. The number of hydrogen-bond acceptors (Lipinski definition) is 6. The fourth-order valence-electron chi connectivity index (χ4n) is 3.46. The molecule has 0 aliphatic carbocycles. The lowest BCUT2D eigenvalue weighted by Crippen LogP contribution is -2.33. The number of thiophene rings is 1. The first-order chi connectivity index (χ1) is 13.6. The fourth-order valence-corrected chi connectivity index (χ4v) is 4.40. The van der Waals surface area contributed by atoms with Crippen molar-refractivity contribution in [2.24, 2.45) is 0 Å². The van der Waals surface area contributed by atoms with E-state index < -0.39 is 5.92 Å². The molecule has 1 aromatic carbocycles. The molecule has 6 nitrogen and oxygen atoms in total. The van der Waals surface area contributed by atoms with E-state index in [1.165, 1.54) is 11.3 Å². The van der Waals surface area contributed by atoms with E-state index in [0.29, 0.717) is 26.4 Å². The van der Waals surface area contributed by atoms with Gasteiger partial charge in [0, 0.05) is 11.9 Å². The Morgan fingerprint density at radius 1 is 1.21 bits per heavy atom. The first-order valence-electron chi connectivity index (χ1n) is 8.55. The van der Waals surface area contributed by atoms with Crippen molar-refractivity contribution in [3.8, 4) is 6.07 Å². The molecular weight excluding hydrogens is 394 g/mol. The molecule has 2 unspecified atom stereocenters. The molecule has 28 heavy (non-hydrogen) atoms. The number of fused-ring (bicyclic) bond motifs is 4. The minimum Gasteiger partial charge on any atom is -0.323 e. The van der Waals surface area contributed by atoms with Gasteiger partial charge in [-0.15, -0.1) is 11.3 Å². The molecule has 2 aromatic heterocycles. The highest BCUT2D eigenvalue weighted by Gasteiger charge is 2.41. The van der Waals surface area contributed by atoms with Crippen LogP contribution in [-0.2, 0) is 0 Å². The van der Waals surface area contributed by atoms with Crippen molar-refractivity contribution in [3.63, 3.8) is 0 Å². The van der Waals surface area contributed by atoms with Crippen molar-refractivity contribution < 1.29 is 4.79 Å². The second kappa shape index (κ2) is 6.44. The van der Waals surface area contributed by atoms with Crippen LogP contribution in [0.2, 0.25) is 4.34 Å². The van der Waals surface area contributed by atoms with E-state index in [1.807, 2.05) is 41.4 Å². The van der Waals surface area contributed by atoms with Crippen LogP contribution in [0.25, 0.3) is 11.0 Å². The third-order valence-corrected chi connectivity index (χ3v) is 5.97. The summed E-state index contributed by atoms with van der Waals surface area (Å²) in [6.07, 6.45) is 5.50. The van der Waals surface area contributed by atoms with Crippen molar-refractivity contribution >= 4 is 45.7 Å². The highest BCUT2D eigenvalue weighted by atomic mass is 35.5. The number of aromatic nitrogens is 2. The number of nitriles is 1. The number of anilines is 1. The lowest BCUT2D eigenvalue weighted by molar-refractivity contribution is 0.0971. The third-order valence-electron chi connectivity index (χ3n) is 4.74. The number of nitrogens with one attached hydrogen (secondary N) is 1. The monoisotopic (exact) mass is 405 g/mol. The maximum atomic E-state index is 12.4. The zero-order chi connectivity index (χ0) is 19.3. The molecule has 5 rings (SSSR count). The van der Waals surface area contributed by atoms with Crippen LogP contribution in [0.1, 0.15) is 21.3 Å². The summed E-state index contributed by atoms with van der Waals surface area (Å²) < 4.78 is 0.560. The molecular formula is C20H12ClN5OS. The van der Waals surface area contributed by atoms with Crippen molar-refractivity contribution in [2.45, 2.75) is 12.0 Å². The minimum absolute atomic E-state index is 0.229. The quantitative estimate of drug-likeness (QED) is 0.697. The maximum Gasteiger partial charge on any atom is 0.265 e. The minimum atomic E-state index is -0.472. The molecule has 1 amide bonds. The molecule has 3 aromatic rings. The molecule has 0 bridgehead atoms. The number of allylic oxidation sites excluding steroid dienone is 1. The van der Waals surface area contributed by atoms with Gasteiger partial charge in [0.1, 0.15) is 11.6 Å². The number of carbonyl (C=O) groups excluding carboxylic acids is 1. The smallest absolute Gasteiger partial charge is 0.265 e. The summed E-state index contributed by atoms with van der Waals surface area (Å²) in [6.45, 7) is 0. The molecule has 2 atom stereocenters. The molecule has 4 heterocycles. The van der Waals surface area contributed by atoms with E-state index >= 15 is 0 Å². The average Bonchev–Trinajstić information content (AvgIpc) is 3.27. The largest absolute Gasteiger partial charge is 0.323 e. The van der Waals surface area contributed by atoms with Gasteiger partial charge in [0.25, 0.3) is 5.91 Å². The summed E-state index contributed by atoms with van der Waals surface area (Å²) in [7, 11) is 0. The molecule has 0 saturated heterocycles. The summed E-state index contributed by atoms with van der Waals surface area (Å²) >= 11 is 7.13. The van der Waals surface area contributed by atoms with Gasteiger partial charge in [0.15, 0.2) is 5.82 Å². The molecule has 0 fully saturated rings. The highest BCUT2D eigenvalue weighted by molar-refractivity contribution is 7.18. The van der Waals surface area contributed by atoms with Crippen molar-refractivity contribution in [1.29, 1.82) is 5.26 Å². The van der Waals surface area contributed by atoms with Crippen LogP contribution < -0.4 is 10.2 Å². The molecule has 1 N–H and O–H groups in total. The van der Waals surface area contributed by atoms with Crippen molar-refractivity contribution in [3.05, 3.63) is 75.4 Å². The Kier molecular flexibility index (Phi) is 3.90. The van der Waals surface area contributed by atoms with Crippen LogP contribution >= 0.6 is 22.9 Å². The topological polar surface area (TPSA) is 81.9 Å². The van der Waals surface area contributed by atoms with Gasteiger partial charge in [-0.3, -0.25) is 4.79 Å². The average molecular weight is 406 g/mol. The molecule has 0 spiro atoms. The van der Waals surface area contributed by atoms with Crippen molar-refractivity contribution in [2.75, 3.05) is 4.90 Å². The van der Waals surface area contributed by atoms with Crippen LogP contribution in [0.3, 0.4) is 0 Å². The van der Waals surface area contributed by atoms with E-state index in [-0.39, 0.29) is 11.9 Å². The zero-order valence-electron chi connectivity index (χ0n) is 14.3. The Morgan fingerprint density at radius 3 is 2.71 bits per heavy atom. The molecule has 2 aliphatic heterocycles. The Balaban J connectivity index is 1.49. The first-order valence-corrected chi connectivity index (χ1v) is 9.75. The molecule has 136 valence electrons. The molecule has 0 saturated carbocycles. The van der Waals surface area contributed by atoms with Crippen LogP contribution in [-0.4, -0.2) is 21.9 Å². The van der Waals surface area contributed by atoms with E-state index in [4.69, 9.17) is 16.6 Å². The standard InChI is InChI=1S/C20H12ClN5OS/c21-17-6-5-16(28-17)20(27)23-11-7-8-26-15(9-11)12(10-22)18-19(26)25-14-4-2-1-3-13(14)24-18/h1-9,12,15H,(H,23,27). The van der Waals surface area contributed by atoms with E-state index in [1.54, 1.807) is 18.2 Å².